The van der Waals surface area contributed by atoms with E-state index >= 15 is 0 Å². The monoisotopic (exact) mass is 346 g/mol. The van der Waals surface area contributed by atoms with Gasteiger partial charge in [-0.15, -0.1) is 0 Å². The van der Waals surface area contributed by atoms with Gasteiger partial charge in [-0.2, -0.15) is 5.10 Å². The predicted molar refractivity (Wildman–Crippen MR) is 88.6 cm³/mol. The van der Waals surface area contributed by atoms with Crippen molar-refractivity contribution in [3.05, 3.63) is 60.5 Å². The molecule has 5 nitrogen and oxygen atoms in total. The Morgan fingerprint density at radius 2 is 1.79 bits per heavy atom. The first kappa shape index (κ1) is 16.2. The summed E-state index contributed by atoms with van der Waals surface area (Å²) in [6.07, 6.45) is 2.87. The average Bonchev–Trinajstić information content (AvgIpc) is 3.04. The predicted octanol–water partition coefficient (Wildman–Crippen LogP) is 3.09. The molecule has 0 amide bonds. The Bertz CT molecular complexity index is 979. The van der Waals surface area contributed by atoms with Crippen LogP contribution in [0, 0.1) is 5.82 Å². The van der Waals surface area contributed by atoms with Crippen molar-refractivity contribution in [2.24, 2.45) is 0 Å². The first-order valence-corrected chi connectivity index (χ1v) is 8.98. The lowest BCUT2D eigenvalue weighted by molar-refractivity contribution is 0.386. The van der Waals surface area contributed by atoms with E-state index in [4.69, 9.17) is 4.74 Å². The van der Waals surface area contributed by atoms with E-state index in [0.29, 0.717) is 11.4 Å². The van der Waals surface area contributed by atoms with Crippen LogP contribution in [-0.4, -0.2) is 31.6 Å². The van der Waals surface area contributed by atoms with Gasteiger partial charge in [-0.1, -0.05) is 12.1 Å². The lowest BCUT2D eigenvalue weighted by Gasteiger charge is -2.05. The fourth-order valence-corrected chi connectivity index (χ4v) is 2.92. The molecule has 0 fully saturated rings. The number of benzene rings is 2. The molecule has 1 heterocycles. The number of hydrogen-bond donors (Lipinski definition) is 0. The first-order valence-electron chi connectivity index (χ1n) is 7.08. The average molecular weight is 346 g/mol. The summed E-state index contributed by atoms with van der Waals surface area (Å²) >= 11 is 0. The fourth-order valence-electron chi connectivity index (χ4n) is 2.29. The molecule has 1 aromatic heterocycles. The van der Waals surface area contributed by atoms with E-state index in [-0.39, 0.29) is 10.6 Å². The molecule has 24 heavy (non-hydrogen) atoms. The minimum atomic E-state index is -3.23. The summed E-state index contributed by atoms with van der Waals surface area (Å²) in [6.45, 7) is 0. The van der Waals surface area contributed by atoms with Crippen molar-refractivity contribution in [3.8, 4) is 22.7 Å². The van der Waals surface area contributed by atoms with Gasteiger partial charge in [-0.05, 0) is 30.3 Å². The van der Waals surface area contributed by atoms with Gasteiger partial charge in [0, 0.05) is 24.1 Å². The minimum absolute atomic E-state index is 0.169. The second kappa shape index (κ2) is 6.09. The van der Waals surface area contributed by atoms with Gasteiger partial charge in [-0.25, -0.2) is 17.5 Å². The summed E-state index contributed by atoms with van der Waals surface area (Å²) in [5.74, 6) is -0.299. The number of rotatable bonds is 4. The molecule has 0 atom stereocenters. The van der Waals surface area contributed by atoms with Crippen LogP contribution in [0.5, 0.6) is 5.75 Å². The van der Waals surface area contributed by atoms with Crippen LogP contribution in [-0.2, 0) is 9.84 Å². The highest BCUT2D eigenvalue weighted by atomic mass is 32.2. The van der Waals surface area contributed by atoms with Gasteiger partial charge in [0.2, 0.25) is 0 Å². The zero-order chi connectivity index (χ0) is 17.3. The molecule has 124 valence electrons. The van der Waals surface area contributed by atoms with Crippen LogP contribution in [0.15, 0.2) is 59.6 Å². The van der Waals surface area contributed by atoms with Crippen LogP contribution in [0.25, 0.3) is 16.9 Å². The Morgan fingerprint density at radius 3 is 2.38 bits per heavy atom. The normalized spacial score (nSPS) is 11.5. The zero-order valence-electron chi connectivity index (χ0n) is 13.1. The van der Waals surface area contributed by atoms with Crippen molar-refractivity contribution in [2.45, 2.75) is 4.90 Å². The number of aromatic nitrogens is 2. The second-order valence-electron chi connectivity index (χ2n) is 5.26. The molecule has 0 aliphatic carbocycles. The van der Waals surface area contributed by atoms with Crippen molar-refractivity contribution in [3.63, 3.8) is 0 Å². The molecule has 3 rings (SSSR count). The van der Waals surface area contributed by atoms with Crippen molar-refractivity contribution < 1.29 is 17.5 Å². The van der Waals surface area contributed by atoms with Crippen LogP contribution in [0.1, 0.15) is 0 Å². The first-order chi connectivity index (χ1) is 11.4. The Labute approximate surface area is 139 Å². The molecule has 2 aromatic carbocycles. The second-order valence-corrected chi connectivity index (χ2v) is 7.28. The summed E-state index contributed by atoms with van der Waals surface area (Å²) in [4.78, 5) is 0.253. The number of sulfone groups is 1. The fraction of sp³-hybridized carbons (Fsp3) is 0.118. The third kappa shape index (κ3) is 3.16. The molecule has 0 saturated carbocycles. The van der Waals surface area contributed by atoms with E-state index in [1.807, 2.05) is 0 Å². The van der Waals surface area contributed by atoms with Crippen molar-refractivity contribution >= 4 is 9.84 Å². The Morgan fingerprint density at radius 1 is 1.08 bits per heavy atom. The van der Waals surface area contributed by atoms with Gasteiger partial charge < -0.3 is 4.74 Å². The van der Waals surface area contributed by atoms with E-state index in [9.17, 15) is 12.8 Å². The van der Waals surface area contributed by atoms with Gasteiger partial charge in [-0.3, -0.25) is 0 Å². The number of halogens is 1. The molecule has 0 saturated heterocycles. The van der Waals surface area contributed by atoms with E-state index in [0.717, 1.165) is 11.8 Å². The maximum atomic E-state index is 13.8. The van der Waals surface area contributed by atoms with E-state index in [1.165, 1.54) is 31.4 Å². The topological polar surface area (TPSA) is 61.2 Å². The van der Waals surface area contributed by atoms with E-state index in [2.05, 4.69) is 5.10 Å². The molecule has 0 unspecified atom stereocenters. The van der Waals surface area contributed by atoms with Gasteiger partial charge in [0.15, 0.2) is 21.4 Å². The van der Waals surface area contributed by atoms with Gasteiger partial charge in [0.25, 0.3) is 0 Å². The lowest BCUT2D eigenvalue weighted by atomic mass is 10.2. The van der Waals surface area contributed by atoms with Crippen LogP contribution < -0.4 is 4.74 Å². The molecule has 0 N–H and O–H groups in total. The van der Waals surface area contributed by atoms with E-state index in [1.54, 1.807) is 35.1 Å². The zero-order valence-corrected chi connectivity index (χ0v) is 13.9. The summed E-state index contributed by atoms with van der Waals surface area (Å²) in [5.41, 5.74) is 1.99. The van der Waals surface area contributed by atoms with Crippen LogP contribution >= 0.6 is 0 Å². The Hall–Kier alpha value is -2.67. The molecule has 0 radical (unpaired) electrons. The van der Waals surface area contributed by atoms with Crippen molar-refractivity contribution in [1.82, 2.24) is 9.78 Å². The van der Waals surface area contributed by atoms with Crippen LogP contribution in [0.2, 0.25) is 0 Å². The molecule has 0 bridgehead atoms. The summed E-state index contributed by atoms with van der Waals surface area (Å²) in [7, 11) is -1.82. The molecule has 3 aromatic rings. The highest BCUT2D eigenvalue weighted by Gasteiger charge is 2.10. The Balaban J connectivity index is 1.92. The maximum Gasteiger partial charge on any atom is 0.175 e. The molecule has 0 spiro atoms. The minimum Gasteiger partial charge on any atom is -0.494 e. The third-order valence-electron chi connectivity index (χ3n) is 3.57. The SMILES string of the molecule is COc1ccc(-n2ccc(-c3ccc(S(C)(=O)=O)cc3)n2)cc1F. The third-order valence-corrected chi connectivity index (χ3v) is 4.70. The van der Waals surface area contributed by atoms with Gasteiger partial charge in [0.05, 0.1) is 23.4 Å². The largest absolute Gasteiger partial charge is 0.494 e. The molecule has 7 heteroatoms. The van der Waals surface area contributed by atoms with Crippen molar-refractivity contribution in [1.29, 1.82) is 0 Å². The summed E-state index contributed by atoms with van der Waals surface area (Å²) in [5, 5.41) is 4.40. The summed E-state index contributed by atoms with van der Waals surface area (Å²) in [6, 6.07) is 12.8. The smallest absolute Gasteiger partial charge is 0.175 e. The Kier molecular flexibility index (Phi) is 4.11. The highest BCUT2D eigenvalue weighted by Crippen LogP contribution is 2.23. The van der Waals surface area contributed by atoms with Gasteiger partial charge >= 0.3 is 0 Å². The standard InChI is InChI=1S/C17H15FN2O3S/c1-23-17-8-5-13(11-15(17)18)20-10-9-16(19-20)12-3-6-14(7-4-12)24(2,21)22/h3-11H,1-2H3. The van der Waals surface area contributed by atoms with Crippen molar-refractivity contribution in [2.75, 3.05) is 13.4 Å². The summed E-state index contributed by atoms with van der Waals surface area (Å²) < 4.78 is 43.2. The number of ether oxygens (including phenoxy) is 1. The van der Waals surface area contributed by atoms with Crippen LogP contribution in [0.3, 0.4) is 0 Å². The number of hydrogen-bond acceptors (Lipinski definition) is 4. The van der Waals surface area contributed by atoms with Crippen LogP contribution in [0.4, 0.5) is 4.39 Å². The molecule has 0 aliphatic heterocycles. The highest BCUT2D eigenvalue weighted by molar-refractivity contribution is 7.90. The van der Waals surface area contributed by atoms with E-state index < -0.39 is 15.7 Å². The maximum absolute atomic E-state index is 13.8. The number of methoxy groups -OCH3 is 1. The number of nitrogens with zero attached hydrogens (tertiary/aromatic N) is 2. The molecule has 0 aliphatic rings. The van der Waals surface area contributed by atoms with Gasteiger partial charge in [0.1, 0.15) is 0 Å². The quantitative estimate of drug-likeness (QED) is 0.728. The molecular weight excluding hydrogens is 331 g/mol. The lowest BCUT2D eigenvalue weighted by Crippen LogP contribution is -1.98. The molecular formula is C17H15FN2O3S.